The van der Waals surface area contributed by atoms with Gasteiger partial charge in [-0.15, -0.1) is 0 Å². The molecule has 0 aliphatic carbocycles. The average Bonchev–Trinajstić information content (AvgIpc) is 3.02. The predicted molar refractivity (Wildman–Crippen MR) is 78.0 cm³/mol. The van der Waals surface area contributed by atoms with Gasteiger partial charge in [0.2, 0.25) is 0 Å². The zero-order valence-electron chi connectivity index (χ0n) is 12.9. The predicted octanol–water partition coefficient (Wildman–Crippen LogP) is 0.927. The second-order valence-corrected chi connectivity index (χ2v) is 6.90. The molecular weight excluding hydrogens is 270 g/mol. The van der Waals surface area contributed by atoms with Gasteiger partial charge in [-0.3, -0.25) is 9.69 Å². The van der Waals surface area contributed by atoms with Gasteiger partial charge >= 0.3 is 12.0 Å². The molecule has 2 unspecified atom stereocenters. The fourth-order valence-corrected chi connectivity index (χ4v) is 4.08. The number of piperazine rings is 1. The maximum Gasteiger partial charge on any atom is 0.320 e. The van der Waals surface area contributed by atoms with Crippen LogP contribution in [-0.2, 0) is 4.79 Å². The molecule has 0 aromatic carbocycles. The Kier molecular flexibility index (Phi) is 3.82. The fourth-order valence-electron chi connectivity index (χ4n) is 4.08. The highest BCUT2D eigenvalue weighted by Crippen LogP contribution is 2.28. The molecular formula is C15H25N3O3. The summed E-state index contributed by atoms with van der Waals surface area (Å²) in [5.41, 5.74) is 0. The Morgan fingerprint density at radius 3 is 2.52 bits per heavy atom. The van der Waals surface area contributed by atoms with Crippen LogP contribution < -0.4 is 0 Å². The van der Waals surface area contributed by atoms with Crippen LogP contribution >= 0.6 is 0 Å². The van der Waals surface area contributed by atoms with E-state index in [0.717, 1.165) is 19.6 Å². The van der Waals surface area contributed by atoms with Gasteiger partial charge in [0, 0.05) is 38.3 Å². The van der Waals surface area contributed by atoms with Gasteiger partial charge in [0.15, 0.2) is 0 Å². The second kappa shape index (κ2) is 5.48. The van der Waals surface area contributed by atoms with Crippen molar-refractivity contribution in [1.29, 1.82) is 0 Å². The minimum absolute atomic E-state index is 0.0321. The molecule has 4 atom stereocenters. The number of nitrogens with zero attached hydrogens (tertiary/aromatic N) is 3. The lowest BCUT2D eigenvalue weighted by Crippen LogP contribution is -2.59. The van der Waals surface area contributed by atoms with Crippen molar-refractivity contribution < 1.29 is 14.7 Å². The number of likely N-dealkylation sites (tertiary alicyclic amines) is 1. The molecule has 0 aromatic heterocycles. The molecule has 3 heterocycles. The third-order valence-electron chi connectivity index (χ3n) is 5.38. The minimum Gasteiger partial charge on any atom is -0.481 e. The first-order valence-electron chi connectivity index (χ1n) is 7.99. The van der Waals surface area contributed by atoms with Gasteiger partial charge in [0.05, 0.1) is 5.92 Å². The number of carbonyl (C=O) groups excluding carboxylic acids is 1. The van der Waals surface area contributed by atoms with Crippen molar-refractivity contribution in [2.24, 2.45) is 11.8 Å². The van der Waals surface area contributed by atoms with Crippen molar-refractivity contribution in [3.05, 3.63) is 0 Å². The van der Waals surface area contributed by atoms with E-state index in [-0.39, 0.29) is 18.0 Å². The third-order valence-corrected chi connectivity index (χ3v) is 5.38. The number of carbonyl (C=O) groups is 2. The summed E-state index contributed by atoms with van der Waals surface area (Å²) in [6, 6.07) is 0.746. The highest BCUT2D eigenvalue weighted by atomic mass is 16.4. The molecule has 21 heavy (non-hydrogen) atoms. The molecule has 118 valence electrons. The Labute approximate surface area is 125 Å². The molecule has 6 nitrogen and oxygen atoms in total. The van der Waals surface area contributed by atoms with Crippen molar-refractivity contribution >= 4 is 12.0 Å². The lowest BCUT2D eigenvalue weighted by molar-refractivity contribution is -0.142. The van der Waals surface area contributed by atoms with Gasteiger partial charge in [-0.1, -0.05) is 6.92 Å². The topological polar surface area (TPSA) is 64.1 Å². The van der Waals surface area contributed by atoms with E-state index in [0.29, 0.717) is 19.1 Å². The van der Waals surface area contributed by atoms with E-state index in [1.165, 1.54) is 12.8 Å². The van der Waals surface area contributed by atoms with E-state index in [1.54, 1.807) is 4.90 Å². The fraction of sp³-hybridized carbons (Fsp3) is 0.867. The van der Waals surface area contributed by atoms with Gasteiger partial charge in [0.1, 0.15) is 0 Å². The molecule has 3 fully saturated rings. The van der Waals surface area contributed by atoms with Crippen LogP contribution in [0.3, 0.4) is 0 Å². The quantitative estimate of drug-likeness (QED) is 0.781. The summed E-state index contributed by atoms with van der Waals surface area (Å²) in [6.45, 7) is 7.83. The van der Waals surface area contributed by atoms with Gasteiger partial charge in [-0.2, -0.15) is 0 Å². The van der Waals surface area contributed by atoms with Crippen molar-refractivity contribution in [1.82, 2.24) is 14.7 Å². The molecule has 3 saturated heterocycles. The van der Waals surface area contributed by atoms with Crippen LogP contribution in [0.15, 0.2) is 0 Å². The third kappa shape index (κ3) is 2.61. The molecule has 3 aliphatic rings. The normalized spacial score (nSPS) is 36.9. The number of carboxylic acid groups (broad SMARTS) is 1. The number of urea groups is 1. The highest BCUT2D eigenvalue weighted by molar-refractivity contribution is 5.78. The summed E-state index contributed by atoms with van der Waals surface area (Å²) in [4.78, 5) is 30.2. The minimum atomic E-state index is -0.786. The van der Waals surface area contributed by atoms with Crippen LogP contribution in [0.4, 0.5) is 4.79 Å². The Morgan fingerprint density at radius 2 is 1.86 bits per heavy atom. The van der Waals surface area contributed by atoms with Crippen LogP contribution in [0.5, 0.6) is 0 Å². The maximum atomic E-state index is 12.8. The van der Waals surface area contributed by atoms with E-state index in [9.17, 15) is 14.7 Å². The first kappa shape index (κ1) is 14.6. The monoisotopic (exact) mass is 295 g/mol. The van der Waals surface area contributed by atoms with Crippen molar-refractivity contribution in [3.63, 3.8) is 0 Å². The number of rotatable bonds is 1. The summed E-state index contributed by atoms with van der Waals surface area (Å²) in [6.07, 6.45) is 2.39. The Bertz CT molecular complexity index is 442. The maximum absolute atomic E-state index is 12.8. The molecule has 0 radical (unpaired) electrons. The average molecular weight is 295 g/mol. The largest absolute Gasteiger partial charge is 0.481 e. The van der Waals surface area contributed by atoms with Gasteiger partial charge < -0.3 is 14.9 Å². The molecule has 0 bridgehead atoms. The van der Waals surface area contributed by atoms with Crippen LogP contribution in [0.25, 0.3) is 0 Å². The summed E-state index contributed by atoms with van der Waals surface area (Å²) in [5, 5.41) is 9.21. The molecule has 3 aliphatic heterocycles. The number of hydrogen-bond acceptors (Lipinski definition) is 3. The Balaban J connectivity index is 1.66. The zero-order chi connectivity index (χ0) is 15.1. The van der Waals surface area contributed by atoms with E-state index < -0.39 is 11.9 Å². The Morgan fingerprint density at radius 1 is 1.10 bits per heavy atom. The number of amides is 2. The number of hydrogen-bond donors (Lipinski definition) is 1. The van der Waals surface area contributed by atoms with Crippen molar-refractivity contribution in [2.45, 2.75) is 38.8 Å². The van der Waals surface area contributed by atoms with Gasteiger partial charge in [-0.25, -0.2) is 4.79 Å². The van der Waals surface area contributed by atoms with E-state index in [2.05, 4.69) is 11.8 Å². The lowest BCUT2D eigenvalue weighted by Gasteiger charge is -2.43. The lowest BCUT2D eigenvalue weighted by atomic mass is 9.99. The zero-order valence-corrected chi connectivity index (χ0v) is 12.9. The van der Waals surface area contributed by atoms with Crippen molar-refractivity contribution in [3.8, 4) is 0 Å². The van der Waals surface area contributed by atoms with Crippen LogP contribution in [0, 0.1) is 11.8 Å². The standard InChI is InChI=1S/C15H25N3O3/c1-10-6-17(9-13(10)14(19)20)15(21)18-8-12-4-3-5-16(12)7-11(18)2/h10-13H,3-9H2,1-2H3,(H,19,20)/t10-,11?,12?,13-/m1/s1. The van der Waals surface area contributed by atoms with Crippen LogP contribution in [0.2, 0.25) is 0 Å². The summed E-state index contributed by atoms with van der Waals surface area (Å²) in [7, 11) is 0. The Hall–Kier alpha value is -1.30. The highest BCUT2D eigenvalue weighted by Gasteiger charge is 2.42. The molecule has 6 heteroatoms. The molecule has 0 spiro atoms. The second-order valence-electron chi connectivity index (χ2n) is 6.90. The summed E-state index contributed by atoms with van der Waals surface area (Å²) >= 11 is 0. The van der Waals surface area contributed by atoms with Gasteiger partial charge in [-0.05, 0) is 32.2 Å². The summed E-state index contributed by atoms with van der Waals surface area (Å²) in [5.74, 6) is -1.17. The first-order chi connectivity index (χ1) is 9.97. The molecule has 0 aromatic rings. The van der Waals surface area contributed by atoms with Crippen LogP contribution in [-0.4, -0.2) is 76.6 Å². The summed E-state index contributed by atoms with van der Waals surface area (Å²) < 4.78 is 0. The number of fused-ring (bicyclic) bond motifs is 1. The molecule has 1 N–H and O–H groups in total. The number of carboxylic acids is 1. The number of aliphatic carboxylic acids is 1. The van der Waals surface area contributed by atoms with E-state index in [1.807, 2.05) is 11.8 Å². The van der Waals surface area contributed by atoms with Crippen molar-refractivity contribution in [2.75, 3.05) is 32.7 Å². The van der Waals surface area contributed by atoms with Crippen LogP contribution in [0.1, 0.15) is 26.7 Å². The molecule has 0 saturated carbocycles. The SMILES string of the molecule is CC1CN2CCCC2CN1C(=O)N1C[C@@H](C)[C@H](C(=O)O)C1. The van der Waals surface area contributed by atoms with Gasteiger partial charge in [0.25, 0.3) is 0 Å². The van der Waals surface area contributed by atoms with E-state index in [4.69, 9.17) is 0 Å². The molecule has 2 amide bonds. The first-order valence-corrected chi connectivity index (χ1v) is 7.99. The molecule has 3 rings (SSSR count). The smallest absolute Gasteiger partial charge is 0.320 e. The van der Waals surface area contributed by atoms with E-state index >= 15 is 0 Å².